The Bertz CT molecular complexity index is 1660. The highest BCUT2D eigenvalue weighted by Crippen LogP contribution is 2.55. The predicted molar refractivity (Wildman–Crippen MR) is 188 cm³/mol. The Hall–Kier alpha value is -3.52. The summed E-state index contributed by atoms with van der Waals surface area (Å²) in [4.78, 5) is 3.76. The summed E-state index contributed by atoms with van der Waals surface area (Å²) >= 11 is 0. The summed E-state index contributed by atoms with van der Waals surface area (Å²) in [6.45, 7) is 4.61. The number of rotatable bonds is 15. The molecule has 1 heterocycles. The van der Waals surface area contributed by atoms with E-state index >= 15 is 0 Å². The normalized spacial score (nSPS) is 13.5. The molecule has 0 unspecified atom stereocenters. The van der Waals surface area contributed by atoms with E-state index in [1.807, 2.05) is 0 Å². The Balaban J connectivity index is 1.41. The number of aromatic nitrogens is 1. The second kappa shape index (κ2) is 13.4. The topological polar surface area (TPSA) is 41.8 Å². The number of para-hydroxylation sites is 2. The molecule has 43 heavy (non-hydrogen) atoms. The van der Waals surface area contributed by atoms with E-state index in [0.29, 0.717) is 0 Å². The first-order valence-corrected chi connectivity index (χ1v) is 17.2. The highest BCUT2D eigenvalue weighted by molar-refractivity contribution is 6.11. The molecule has 0 fully saturated rings. The van der Waals surface area contributed by atoms with Crippen LogP contribution in [0.15, 0.2) is 78.9 Å². The maximum Gasteiger partial charge on any atom is 0.0544 e. The molecule has 0 radical (unpaired) electrons. The number of nitrogen functional groups attached to an aromatic ring is 1. The van der Waals surface area contributed by atoms with Crippen LogP contribution < -0.4 is 5.73 Å². The van der Waals surface area contributed by atoms with Crippen LogP contribution in [0.3, 0.4) is 0 Å². The van der Waals surface area contributed by atoms with Crippen molar-refractivity contribution in [3.63, 3.8) is 0 Å². The number of fused-ring (bicyclic) bond motifs is 6. The molecule has 0 atom stereocenters. The molecule has 0 saturated carbocycles. The minimum absolute atomic E-state index is 0.0277. The second-order valence-electron chi connectivity index (χ2n) is 13.1. The molecule has 0 spiro atoms. The molecule has 4 aromatic carbocycles. The third kappa shape index (κ3) is 5.86. The fourth-order valence-corrected chi connectivity index (χ4v) is 7.87. The van der Waals surface area contributed by atoms with Gasteiger partial charge >= 0.3 is 0 Å². The molecule has 0 amide bonds. The Kier molecular flexibility index (Phi) is 9.22. The van der Waals surface area contributed by atoms with Crippen molar-refractivity contribution in [2.45, 2.75) is 109 Å². The maximum absolute atomic E-state index is 6.52. The van der Waals surface area contributed by atoms with Gasteiger partial charge in [0, 0.05) is 33.0 Å². The van der Waals surface area contributed by atoms with Crippen LogP contribution in [0.5, 0.6) is 0 Å². The monoisotopic (exact) mass is 570 g/mol. The van der Waals surface area contributed by atoms with Gasteiger partial charge in [0.2, 0.25) is 0 Å². The van der Waals surface area contributed by atoms with Gasteiger partial charge in [-0.2, -0.15) is 0 Å². The van der Waals surface area contributed by atoms with E-state index in [0.717, 1.165) is 5.69 Å². The van der Waals surface area contributed by atoms with Crippen molar-refractivity contribution in [2.75, 3.05) is 5.73 Å². The molecular weight excluding hydrogens is 520 g/mol. The van der Waals surface area contributed by atoms with Crippen molar-refractivity contribution < 1.29 is 0 Å². The molecule has 6 rings (SSSR count). The van der Waals surface area contributed by atoms with E-state index in [1.54, 1.807) is 0 Å². The second-order valence-corrected chi connectivity index (χ2v) is 13.1. The van der Waals surface area contributed by atoms with Gasteiger partial charge in [0.15, 0.2) is 0 Å². The SMILES string of the molecule is CCCCCCCCC1(CCCCCCCC)c2cc(N)ccc2-c2ccc(-c3cccc4c3[nH]c3ccccc34)cc21. The van der Waals surface area contributed by atoms with E-state index in [9.17, 15) is 0 Å². The van der Waals surface area contributed by atoms with Crippen molar-refractivity contribution in [1.82, 2.24) is 4.98 Å². The van der Waals surface area contributed by atoms with Gasteiger partial charge in [-0.3, -0.25) is 0 Å². The lowest BCUT2D eigenvalue weighted by Crippen LogP contribution is -2.25. The molecule has 3 N–H and O–H groups in total. The third-order valence-electron chi connectivity index (χ3n) is 10.2. The van der Waals surface area contributed by atoms with Crippen LogP contribution in [0.1, 0.15) is 115 Å². The minimum atomic E-state index is 0.0277. The van der Waals surface area contributed by atoms with E-state index in [1.165, 1.54) is 145 Å². The molecule has 0 saturated heterocycles. The van der Waals surface area contributed by atoms with Crippen LogP contribution in [-0.2, 0) is 5.41 Å². The average molecular weight is 571 g/mol. The summed E-state index contributed by atoms with van der Waals surface area (Å²) in [6, 6.07) is 29.5. The number of benzene rings is 4. The third-order valence-corrected chi connectivity index (χ3v) is 10.2. The number of anilines is 1. The highest BCUT2D eigenvalue weighted by Gasteiger charge is 2.42. The lowest BCUT2D eigenvalue weighted by Gasteiger charge is -2.33. The van der Waals surface area contributed by atoms with Crippen LogP contribution in [0.4, 0.5) is 5.69 Å². The molecule has 2 nitrogen and oxygen atoms in total. The summed E-state index contributed by atoms with van der Waals surface area (Å²) in [5, 5.41) is 2.60. The van der Waals surface area contributed by atoms with E-state index in [-0.39, 0.29) is 5.41 Å². The summed E-state index contributed by atoms with van der Waals surface area (Å²) in [5.74, 6) is 0. The summed E-state index contributed by atoms with van der Waals surface area (Å²) in [5.41, 5.74) is 18.3. The Morgan fingerprint density at radius 1 is 0.558 bits per heavy atom. The van der Waals surface area contributed by atoms with E-state index < -0.39 is 0 Å². The van der Waals surface area contributed by atoms with Crippen LogP contribution in [-0.4, -0.2) is 4.98 Å². The minimum Gasteiger partial charge on any atom is -0.399 e. The number of hydrogen-bond acceptors (Lipinski definition) is 1. The summed E-state index contributed by atoms with van der Waals surface area (Å²) in [7, 11) is 0. The van der Waals surface area contributed by atoms with Crippen molar-refractivity contribution in [3.8, 4) is 22.3 Å². The van der Waals surface area contributed by atoms with Gasteiger partial charge in [0.05, 0.1) is 5.52 Å². The number of hydrogen-bond donors (Lipinski definition) is 2. The quantitative estimate of drug-likeness (QED) is 0.0954. The molecule has 224 valence electrons. The Morgan fingerprint density at radius 2 is 1.16 bits per heavy atom. The lowest BCUT2D eigenvalue weighted by atomic mass is 9.70. The van der Waals surface area contributed by atoms with Gasteiger partial charge in [-0.05, 0) is 64.9 Å². The van der Waals surface area contributed by atoms with Gasteiger partial charge < -0.3 is 10.7 Å². The average Bonchev–Trinajstić information content (AvgIpc) is 3.54. The summed E-state index contributed by atoms with van der Waals surface area (Å²) < 4.78 is 0. The number of H-pyrrole nitrogens is 1. The van der Waals surface area contributed by atoms with E-state index in [4.69, 9.17) is 5.73 Å². The van der Waals surface area contributed by atoms with Gasteiger partial charge in [-0.25, -0.2) is 0 Å². The van der Waals surface area contributed by atoms with Crippen LogP contribution in [0, 0.1) is 0 Å². The van der Waals surface area contributed by atoms with E-state index in [2.05, 4.69) is 97.7 Å². The number of aromatic amines is 1. The van der Waals surface area contributed by atoms with Crippen LogP contribution >= 0.6 is 0 Å². The van der Waals surface area contributed by atoms with Gasteiger partial charge in [-0.15, -0.1) is 0 Å². The van der Waals surface area contributed by atoms with Crippen molar-refractivity contribution in [2.24, 2.45) is 0 Å². The molecule has 5 aromatic rings. The van der Waals surface area contributed by atoms with Crippen molar-refractivity contribution in [1.29, 1.82) is 0 Å². The highest BCUT2D eigenvalue weighted by atomic mass is 14.7. The van der Waals surface area contributed by atoms with Crippen molar-refractivity contribution in [3.05, 3.63) is 90.0 Å². The number of unbranched alkanes of at least 4 members (excludes halogenated alkanes) is 10. The number of nitrogens with two attached hydrogens (primary N) is 1. The van der Waals surface area contributed by atoms with Gasteiger partial charge in [0.25, 0.3) is 0 Å². The first kappa shape index (κ1) is 29.5. The molecule has 1 aliphatic carbocycles. The Morgan fingerprint density at radius 3 is 1.88 bits per heavy atom. The zero-order valence-electron chi connectivity index (χ0n) is 26.5. The molecule has 1 aromatic heterocycles. The smallest absolute Gasteiger partial charge is 0.0544 e. The van der Waals surface area contributed by atoms with Crippen LogP contribution in [0.2, 0.25) is 0 Å². The van der Waals surface area contributed by atoms with Crippen LogP contribution in [0.25, 0.3) is 44.1 Å². The van der Waals surface area contributed by atoms with Gasteiger partial charge in [0.1, 0.15) is 0 Å². The standard InChI is InChI=1S/C41H50N2/c1-3-5-7-9-11-15-26-41(27-16-12-10-8-6-4-2)37-28-30(22-24-33(37)34-25-23-31(42)29-38(34)41)32-19-17-20-36-35-18-13-14-21-39(35)43-40(32)36/h13-14,17-25,28-29,43H,3-12,15-16,26-27,42H2,1-2H3. The fraction of sp³-hybridized carbons (Fsp3) is 0.415. The largest absolute Gasteiger partial charge is 0.399 e. The zero-order chi connectivity index (χ0) is 29.6. The number of nitrogens with one attached hydrogen (secondary N) is 1. The molecule has 1 aliphatic rings. The molecule has 2 heteroatoms. The fourth-order valence-electron chi connectivity index (χ4n) is 7.87. The zero-order valence-corrected chi connectivity index (χ0v) is 26.5. The molecular formula is C41H50N2. The first-order valence-electron chi connectivity index (χ1n) is 17.2. The van der Waals surface area contributed by atoms with Gasteiger partial charge in [-0.1, -0.05) is 145 Å². The molecule has 0 aliphatic heterocycles. The Labute approximate surface area is 259 Å². The maximum atomic E-state index is 6.52. The first-order chi connectivity index (χ1) is 21.2. The predicted octanol–water partition coefficient (Wildman–Crippen LogP) is 12.3. The van der Waals surface area contributed by atoms with Crippen molar-refractivity contribution >= 4 is 27.5 Å². The lowest BCUT2D eigenvalue weighted by molar-refractivity contribution is 0.398. The summed E-state index contributed by atoms with van der Waals surface area (Å²) in [6.07, 6.45) is 18.3. The molecule has 0 bridgehead atoms.